The van der Waals surface area contributed by atoms with Crippen molar-refractivity contribution in [1.82, 2.24) is 4.98 Å². The van der Waals surface area contributed by atoms with Crippen molar-refractivity contribution < 1.29 is 0 Å². The fourth-order valence-electron chi connectivity index (χ4n) is 3.54. The van der Waals surface area contributed by atoms with Crippen molar-refractivity contribution in [3.8, 4) is 0 Å². The van der Waals surface area contributed by atoms with Crippen LogP contribution in [0.1, 0.15) is 57.2 Å². The summed E-state index contributed by atoms with van der Waals surface area (Å²) in [6.07, 6.45) is 5.97. The lowest BCUT2D eigenvalue weighted by Gasteiger charge is -2.47. The zero-order valence-corrected chi connectivity index (χ0v) is 12.9. The van der Waals surface area contributed by atoms with Gasteiger partial charge in [0.1, 0.15) is 0 Å². The second kappa shape index (κ2) is 4.93. The molecular weight excluding hydrogens is 240 g/mol. The van der Waals surface area contributed by atoms with Crippen LogP contribution in [0, 0.1) is 18.3 Å². The van der Waals surface area contributed by atoms with E-state index in [0.29, 0.717) is 11.3 Å². The number of aromatic nitrogens is 1. The molecule has 1 aliphatic rings. The molecule has 3 heteroatoms. The zero-order chi connectivity index (χ0) is 13.4. The molecule has 0 bridgehead atoms. The highest BCUT2D eigenvalue weighted by Gasteiger charge is 2.43. The van der Waals surface area contributed by atoms with Crippen LogP contribution < -0.4 is 5.73 Å². The molecule has 1 aliphatic carbocycles. The van der Waals surface area contributed by atoms with E-state index < -0.39 is 0 Å². The van der Waals surface area contributed by atoms with E-state index in [1.807, 2.05) is 0 Å². The van der Waals surface area contributed by atoms with E-state index in [4.69, 9.17) is 5.73 Å². The third kappa shape index (κ3) is 2.94. The summed E-state index contributed by atoms with van der Waals surface area (Å²) < 4.78 is 0. The van der Waals surface area contributed by atoms with Crippen molar-refractivity contribution in [3.05, 3.63) is 16.1 Å². The Morgan fingerprint density at radius 1 is 1.44 bits per heavy atom. The van der Waals surface area contributed by atoms with Gasteiger partial charge in [0, 0.05) is 23.0 Å². The van der Waals surface area contributed by atoms with Crippen molar-refractivity contribution in [1.29, 1.82) is 0 Å². The second-order valence-electron chi connectivity index (χ2n) is 6.96. The molecule has 2 rings (SSSR count). The molecule has 1 aromatic heterocycles. The van der Waals surface area contributed by atoms with Gasteiger partial charge in [0.15, 0.2) is 0 Å². The number of nitrogens with two attached hydrogens (primary N) is 1. The van der Waals surface area contributed by atoms with Gasteiger partial charge in [-0.05, 0) is 31.1 Å². The maximum atomic E-state index is 6.80. The average Bonchev–Trinajstić information content (AvgIpc) is 2.62. The molecule has 2 N–H and O–H groups in total. The predicted octanol–water partition coefficient (Wildman–Crippen LogP) is 3.93. The van der Waals surface area contributed by atoms with Crippen LogP contribution in [0.2, 0.25) is 0 Å². The number of nitrogens with zero attached hydrogens (tertiary/aromatic N) is 1. The minimum Gasteiger partial charge on any atom is -0.324 e. The molecule has 2 nitrogen and oxygen atoms in total. The van der Waals surface area contributed by atoms with Crippen molar-refractivity contribution >= 4 is 11.3 Å². The van der Waals surface area contributed by atoms with Crippen LogP contribution in [0.15, 0.2) is 5.38 Å². The summed E-state index contributed by atoms with van der Waals surface area (Å²) in [4.78, 5) is 4.61. The van der Waals surface area contributed by atoms with Gasteiger partial charge >= 0.3 is 0 Å². The van der Waals surface area contributed by atoms with Crippen LogP contribution in [0.3, 0.4) is 0 Å². The van der Waals surface area contributed by atoms with Gasteiger partial charge in [0.25, 0.3) is 0 Å². The van der Waals surface area contributed by atoms with Crippen LogP contribution in [0.4, 0.5) is 0 Å². The van der Waals surface area contributed by atoms with E-state index >= 15 is 0 Å². The topological polar surface area (TPSA) is 38.9 Å². The lowest BCUT2D eigenvalue weighted by atomic mass is 9.61. The van der Waals surface area contributed by atoms with Gasteiger partial charge in [-0.25, -0.2) is 4.98 Å². The van der Waals surface area contributed by atoms with Gasteiger partial charge in [-0.1, -0.05) is 33.6 Å². The Morgan fingerprint density at radius 3 is 2.72 bits per heavy atom. The van der Waals surface area contributed by atoms with Gasteiger partial charge in [0.05, 0.1) is 5.01 Å². The first-order chi connectivity index (χ1) is 8.31. The molecule has 102 valence electrons. The third-order valence-corrected chi connectivity index (χ3v) is 5.24. The molecule has 0 aliphatic heterocycles. The highest BCUT2D eigenvalue weighted by Crippen LogP contribution is 2.44. The number of rotatable bonds is 2. The Balaban J connectivity index is 2.20. The van der Waals surface area contributed by atoms with E-state index in [9.17, 15) is 0 Å². The summed E-state index contributed by atoms with van der Waals surface area (Å²) in [6.45, 7) is 9.05. The van der Waals surface area contributed by atoms with Crippen molar-refractivity contribution in [2.24, 2.45) is 17.1 Å². The number of thiazole rings is 1. The largest absolute Gasteiger partial charge is 0.324 e. The second-order valence-corrected chi connectivity index (χ2v) is 7.90. The molecule has 0 aromatic carbocycles. The first-order valence-corrected chi connectivity index (χ1v) is 7.89. The normalized spacial score (nSPS) is 29.5. The molecular formula is C15H26N2S. The van der Waals surface area contributed by atoms with E-state index in [-0.39, 0.29) is 5.54 Å². The van der Waals surface area contributed by atoms with Gasteiger partial charge in [-0.2, -0.15) is 0 Å². The first-order valence-electron chi connectivity index (χ1n) is 7.01. The molecule has 0 saturated heterocycles. The Hall–Kier alpha value is -0.410. The maximum Gasteiger partial charge on any atom is 0.0946 e. The summed E-state index contributed by atoms with van der Waals surface area (Å²) in [5.74, 6) is 0.600. The van der Waals surface area contributed by atoms with E-state index in [1.54, 1.807) is 11.3 Å². The third-order valence-electron chi connectivity index (χ3n) is 4.27. The van der Waals surface area contributed by atoms with E-state index in [0.717, 1.165) is 18.5 Å². The Morgan fingerprint density at radius 2 is 2.17 bits per heavy atom. The summed E-state index contributed by atoms with van der Waals surface area (Å²) in [5.41, 5.74) is 8.16. The molecule has 2 unspecified atom stereocenters. The van der Waals surface area contributed by atoms with Crippen LogP contribution in [-0.2, 0) is 6.42 Å². The molecule has 18 heavy (non-hydrogen) atoms. The Bertz CT molecular complexity index is 405. The Labute approximate surface area is 115 Å². The lowest BCUT2D eigenvalue weighted by Crippen LogP contribution is -2.55. The highest BCUT2D eigenvalue weighted by molar-refractivity contribution is 7.09. The molecule has 1 saturated carbocycles. The molecule has 0 amide bonds. The fraction of sp³-hybridized carbons (Fsp3) is 0.800. The SMILES string of the molecule is Cc1csc(CC2(N)CCCCC2C(C)(C)C)n1. The molecule has 2 atom stereocenters. The van der Waals surface area contributed by atoms with Crippen molar-refractivity contribution in [3.63, 3.8) is 0 Å². The number of hydrogen-bond donors (Lipinski definition) is 1. The van der Waals surface area contributed by atoms with Crippen LogP contribution >= 0.6 is 11.3 Å². The number of hydrogen-bond acceptors (Lipinski definition) is 3. The van der Waals surface area contributed by atoms with Crippen LogP contribution in [0.5, 0.6) is 0 Å². The quantitative estimate of drug-likeness (QED) is 0.881. The molecule has 1 heterocycles. The van der Waals surface area contributed by atoms with Crippen molar-refractivity contribution in [2.45, 2.75) is 65.3 Å². The highest BCUT2D eigenvalue weighted by atomic mass is 32.1. The summed E-state index contributed by atoms with van der Waals surface area (Å²) in [5, 5.41) is 3.35. The standard InChI is InChI=1S/C15H26N2S/c1-11-10-18-13(17-11)9-15(16)8-6-5-7-12(15)14(2,3)4/h10,12H,5-9,16H2,1-4H3. The smallest absolute Gasteiger partial charge is 0.0946 e. The predicted molar refractivity (Wildman–Crippen MR) is 78.9 cm³/mol. The fourth-order valence-corrected chi connectivity index (χ4v) is 4.44. The van der Waals surface area contributed by atoms with E-state index in [1.165, 1.54) is 24.3 Å². The van der Waals surface area contributed by atoms with Gasteiger partial charge in [-0.3, -0.25) is 0 Å². The summed E-state index contributed by atoms with van der Waals surface area (Å²) in [7, 11) is 0. The van der Waals surface area contributed by atoms with Crippen molar-refractivity contribution in [2.75, 3.05) is 0 Å². The van der Waals surface area contributed by atoms with Gasteiger partial charge in [-0.15, -0.1) is 11.3 Å². The van der Waals surface area contributed by atoms with Crippen LogP contribution in [-0.4, -0.2) is 10.5 Å². The number of aryl methyl sites for hydroxylation is 1. The molecule has 1 fully saturated rings. The summed E-state index contributed by atoms with van der Waals surface area (Å²) >= 11 is 1.76. The van der Waals surface area contributed by atoms with Gasteiger partial charge in [0.2, 0.25) is 0 Å². The monoisotopic (exact) mass is 266 g/mol. The summed E-state index contributed by atoms with van der Waals surface area (Å²) in [6, 6.07) is 0. The Kier molecular flexibility index (Phi) is 3.84. The molecule has 0 spiro atoms. The zero-order valence-electron chi connectivity index (χ0n) is 12.1. The average molecular weight is 266 g/mol. The molecule has 1 aromatic rings. The maximum absolute atomic E-state index is 6.80. The first kappa shape index (κ1) is 14.0. The lowest BCUT2D eigenvalue weighted by molar-refractivity contribution is 0.0792. The van der Waals surface area contributed by atoms with Gasteiger partial charge < -0.3 is 5.73 Å². The molecule has 0 radical (unpaired) electrons. The minimum atomic E-state index is -0.0548. The van der Waals surface area contributed by atoms with E-state index in [2.05, 4.69) is 38.1 Å². The van der Waals surface area contributed by atoms with Crippen LogP contribution in [0.25, 0.3) is 0 Å². The minimum absolute atomic E-state index is 0.0548.